The summed E-state index contributed by atoms with van der Waals surface area (Å²) >= 11 is 9.01. The van der Waals surface area contributed by atoms with Crippen LogP contribution in [0.5, 0.6) is 0 Å². The molecule has 0 unspecified atom stereocenters. The molecule has 1 amide bonds. The summed E-state index contributed by atoms with van der Waals surface area (Å²) in [6, 6.07) is 11.5. The third-order valence-corrected chi connectivity index (χ3v) is 7.00. The van der Waals surface area contributed by atoms with Gasteiger partial charge in [0, 0.05) is 38.8 Å². The number of thiophene rings is 2. The van der Waals surface area contributed by atoms with Gasteiger partial charge < -0.3 is 9.88 Å². The number of carbonyl (C=O) groups is 1. The molecule has 4 rings (SSSR count). The summed E-state index contributed by atoms with van der Waals surface area (Å²) < 4.78 is 0. The van der Waals surface area contributed by atoms with Crippen molar-refractivity contribution in [1.82, 2.24) is 14.9 Å². The largest absolute Gasteiger partial charge is 0.338 e. The van der Waals surface area contributed by atoms with Crippen LogP contribution in [0, 0.1) is 6.92 Å². The fraction of sp³-hybridized carbons (Fsp3) is 0.227. The molecule has 1 N–H and O–H groups in total. The monoisotopic (exact) mass is 457 g/mol. The third kappa shape index (κ3) is 4.33. The number of rotatable bonds is 6. The number of aryl methyl sites for hydroxylation is 1. The topological polar surface area (TPSA) is 66.1 Å². The first-order valence-corrected chi connectivity index (χ1v) is 11.6. The second kappa shape index (κ2) is 8.71. The van der Waals surface area contributed by atoms with Gasteiger partial charge in [0.05, 0.1) is 11.8 Å². The van der Waals surface area contributed by atoms with Gasteiger partial charge in [0.1, 0.15) is 10.7 Å². The summed E-state index contributed by atoms with van der Waals surface area (Å²) in [4.78, 5) is 37.6. The molecule has 0 radical (unpaired) electrons. The molecule has 5 nitrogen and oxygen atoms in total. The third-order valence-electron chi connectivity index (χ3n) is 4.84. The van der Waals surface area contributed by atoms with Gasteiger partial charge in [-0.2, -0.15) is 0 Å². The zero-order valence-electron chi connectivity index (χ0n) is 16.6. The Morgan fingerprint density at radius 2 is 1.97 bits per heavy atom. The zero-order chi connectivity index (χ0) is 21.3. The van der Waals surface area contributed by atoms with Crippen LogP contribution in [0.15, 0.2) is 46.6 Å². The van der Waals surface area contributed by atoms with Crippen LogP contribution < -0.4 is 5.56 Å². The lowest BCUT2D eigenvalue weighted by molar-refractivity contribution is -0.131. The molecule has 3 heterocycles. The number of aromatic nitrogens is 2. The first-order chi connectivity index (χ1) is 14.4. The van der Waals surface area contributed by atoms with Gasteiger partial charge in [-0.3, -0.25) is 9.59 Å². The van der Waals surface area contributed by atoms with Gasteiger partial charge in [-0.25, -0.2) is 4.98 Å². The number of fused-ring (bicyclic) bond motifs is 1. The molecule has 8 heteroatoms. The standard InChI is InChI=1S/C22H20ClN3O2S2/c1-3-26(11-14-5-7-15(23)8-6-14)19(27)10-18-24-21(28)20-16(12-29-22(20)25-18)17-9-4-13(2)30-17/h4-9,12H,3,10-11H2,1-2H3,(H,24,25,28). The Morgan fingerprint density at radius 1 is 1.20 bits per heavy atom. The lowest BCUT2D eigenvalue weighted by Crippen LogP contribution is -2.32. The minimum atomic E-state index is -0.203. The van der Waals surface area contributed by atoms with E-state index in [2.05, 4.69) is 9.97 Å². The van der Waals surface area contributed by atoms with Crippen molar-refractivity contribution in [2.75, 3.05) is 6.54 Å². The number of amides is 1. The molecule has 30 heavy (non-hydrogen) atoms. The normalized spacial score (nSPS) is 11.2. The maximum absolute atomic E-state index is 12.8. The first-order valence-electron chi connectivity index (χ1n) is 9.54. The van der Waals surface area contributed by atoms with Crippen LogP contribution in [0.4, 0.5) is 0 Å². The van der Waals surface area contributed by atoms with Crippen molar-refractivity contribution in [3.8, 4) is 10.4 Å². The molecule has 0 atom stereocenters. The molecule has 0 saturated heterocycles. The maximum Gasteiger partial charge on any atom is 0.260 e. The Kier molecular flexibility index (Phi) is 6.04. The Morgan fingerprint density at radius 3 is 2.63 bits per heavy atom. The van der Waals surface area contributed by atoms with Crippen molar-refractivity contribution in [3.63, 3.8) is 0 Å². The van der Waals surface area contributed by atoms with Crippen molar-refractivity contribution in [1.29, 1.82) is 0 Å². The summed E-state index contributed by atoms with van der Waals surface area (Å²) in [5.74, 6) is 0.309. The average Bonchev–Trinajstić information content (AvgIpc) is 3.33. The number of nitrogens with one attached hydrogen (secondary N) is 1. The van der Waals surface area contributed by atoms with Crippen molar-refractivity contribution >= 4 is 50.4 Å². The van der Waals surface area contributed by atoms with Gasteiger partial charge in [0.2, 0.25) is 5.91 Å². The summed E-state index contributed by atoms with van der Waals surface area (Å²) in [5, 5.41) is 3.21. The molecule has 0 saturated carbocycles. The smallest absolute Gasteiger partial charge is 0.260 e. The van der Waals surface area contributed by atoms with Gasteiger partial charge in [-0.15, -0.1) is 22.7 Å². The highest BCUT2D eigenvalue weighted by atomic mass is 35.5. The van der Waals surface area contributed by atoms with E-state index < -0.39 is 0 Å². The van der Waals surface area contributed by atoms with Crippen molar-refractivity contribution < 1.29 is 4.79 Å². The minimum absolute atomic E-state index is 0.0535. The molecule has 0 spiro atoms. The zero-order valence-corrected chi connectivity index (χ0v) is 19.0. The first kappa shape index (κ1) is 20.8. The average molecular weight is 458 g/mol. The quantitative estimate of drug-likeness (QED) is 0.429. The maximum atomic E-state index is 12.8. The van der Waals surface area contributed by atoms with Crippen molar-refractivity contribution in [3.05, 3.63) is 73.4 Å². The van der Waals surface area contributed by atoms with Crippen molar-refractivity contribution in [2.24, 2.45) is 0 Å². The molecular formula is C22H20ClN3O2S2. The number of hydrogen-bond donors (Lipinski definition) is 1. The van der Waals surface area contributed by atoms with Crippen LogP contribution in [0.3, 0.4) is 0 Å². The lowest BCUT2D eigenvalue weighted by atomic mass is 10.2. The Balaban J connectivity index is 1.56. The number of halogens is 1. The summed E-state index contributed by atoms with van der Waals surface area (Å²) in [6.45, 7) is 5.02. The van der Waals surface area contributed by atoms with Crippen LogP contribution in [-0.4, -0.2) is 27.3 Å². The van der Waals surface area contributed by atoms with Gasteiger partial charge >= 0.3 is 0 Å². The van der Waals surface area contributed by atoms with E-state index in [9.17, 15) is 9.59 Å². The van der Waals surface area contributed by atoms with Crippen LogP contribution in [0.2, 0.25) is 5.02 Å². The molecule has 0 aliphatic rings. The van der Waals surface area contributed by atoms with Crippen LogP contribution in [0.1, 0.15) is 23.2 Å². The molecule has 0 aliphatic heterocycles. The Bertz CT molecular complexity index is 1260. The highest BCUT2D eigenvalue weighted by Crippen LogP contribution is 2.35. The number of likely N-dealkylation sites (N-methyl/N-ethyl adjacent to an activating group) is 1. The number of H-pyrrole nitrogens is 1. The van der Waals surface area contributed by atoms with E-state index in [1.54, 1.807) is 16.2 Å². The van der Waals surface area contributed by atoms with E-state index in [0.29, 0.717) is 34.2 Å². The molecule has 3 aromatic heterocycles. The van der Waals surface area contributed by atoms with Crippen molar-refractivity contribution in [2.45, 2.75) is 26.8 Å². The Labute approximate surface area is 187 Å². The minimum Gasteiger partial charge on any atom is -0.338 e. The Hall–Kier alpha value is -2.48. The van der Waals surface area contributed by atoms with E-state index in [4.69, 9.17) is 11.6 Å². The number of aromatic amines is 1. The predicted octanol–water partition coefficient (Wildman–Crippen LogP) is 5.27. The fourth-order valence-corrected chi connectivity index (χ4v) is 5.33. The molecule has 1 aromatic carbocycles. The number of carbonyl (C=O) groups excluding carboxylic acids is 1. The molecule has 154 valence electrons. The van der Waals surface area contributed by atoms with E-state index >= 15 is 0 Å². The molecule has 0 bridgehead atoms. The molecular weight excluding hydrogens is 438 g/mol. The molecule has 4 aromatic rings. The van der Waals surface area contributed by atoms with E-state index in [1.165, 1.54) is 16.2 Å². The summed E-state index contributed by atoms with van der Waals surface area (Å²) in [7, 11) is 0. The number of benzene rings is 1. The second-order valence-electron chi connectivity index (χ2n) is 6.96. The van der Waals surface area contributed by atoms with Crippen LogP contribution >= 0.6 is 34.3 Å². The van der Waals surface area contributed by atoms with Gasteiger partial charge in [-0.05, 0) is 43.7 Å². The van der Waals surface area contributed by atoms with Gasteiger partial charge in [0.15, 0.2) is 0 Å². The predicted molar refractivity (Wildman–Crippen MR) is 125 cm³/mol. The van der Waals surface area contributed by atoms with Gasteiger partial charge in [0.25, 0.3) is 5.56 Å². The SMILES string of the molecule is CCN(Cc1ccc(Cl)cc1)C(=O)Cc1nc2scc(-c3ccc(C)s3)c2c(=O)[nH]1. The lowest BCUT2D eigenvalue weighted by Gasteiger charge is -2.21. The van der Waals surface area contributed by atoms with E-state index in [-0.39, 0.29) is 17.9 Å². The summed E-state index contributed by atoms with van der Waals surface area (Å²) in [5.41, 5.74) is 1.70. The fourth-order valence-electron chi connectivity index (χ4n) is 3.28. The molecule has 0 fully saturated rings. The van der Waals surface area contributed by atoms with E-state index in [1.807, 2.05) is 55.6 Å². The second-order valence-corrected chi connectivity index (χ2v) is 9.55. The van der Waals surface area contributed by atoms with Crippen LogP contribution in [0.25, 0.3) is 20.7 Å². The highest BCUT2D eigenvalue weighted by molar-refractivity contribution is 7.19. The van der Waals surface area contributed by atoms with Crippen LogP contribution in [-0.2, 0) is 17.8 Å². The highest BCUT2D eigenvalue weighted by Gasteiger charge is 2.18. The molecule has 0 aliphatic carbocycles. The number of nitrogens with zero attached hydrogens (tertiary/aromatic N) is 2. The summed E-state index contributed by atoms with van der Waals surface area (Å²) in [6.07, 6.45) is 0.0535. The number of hydrogen-bond acceptors (Lipinski definition) is 5. The van der Waals surface area contributed by atoms with E-state index in [0.717, 1.165) is 16.0 Å². The van der Waals surface area contributed by atoms with Gasteiger partial charge in [-0.1, -0.05) is 23.7 Å².